The van der Waals surface area contributed by atoms with Gasteiger partial charge in [-0.15, -0.1) is 0 Å². The second kappa shape index (κ2) is 6.19. The number of ether oxygens (including phenoxy) is 2. The first kappa shape index (κ1) is 16.4. The van der Waals surface area contributed by atoms with Gasteiger partial charge in [0.15, 0.2) is 38.3 Å². The summed E-state index contributed by atoms with van der Waals surface area (Å²) in [5, 5.41) is 20.0. The quantitative estimate of drug-likeness (QED) is 0.456. The SMILES string of the molecule is Oc1cc2c(c(CCCC(Cl)(Cl)Cl)c1O)Oc1ccccc1O2. The number of fused-ring (bicyclic) bond motifs is 2. The van der Waals surface area contributed by atoms with E-state index in [0.717, 1.165) is 0 Å². The monoisotopic (exact) mass is 374 g/mol. The molecule has 0 radical (unpaired) electrons. The number of rotatable bonds is 3. The largest absolute Gasteiger partial charge is 0.504 e. The number of halogens is 3. The number of para-hydroxylation sites is 2. The van der Waals surface area contributed by atoms with Crippen LogP contribution in [0.2, 0.25) is 0 Å². The highest BCUT2D eigenvalue weighted by Gasteiger charge is 2.27. The molecule has 1 aliphatic rings. The molecular weight excluding hydrogens is 363 g/mol. The molecule has 0 aromatic heterocycles. The number of hydrogen-bond donors (Lipinski definition) is 2. The first-order valence-corrected chi connectivity index (χ1v) is 8.08. The molecular formula is C16H13Cl3O4. The highest BCUT2D eigenvalue weighted by atomic mass is 35.6. The Morgan fingerprint density at radius 2 is 1.61 bits per heavy atom. The van der Waals surface area contributed by atoms with Crippen molar-refractivity contribution in [1.29, 1.82) is 0 Å². The van der Waals surface area contributed by atoms with Gasteiger partial charge in [0.1, 0.15) is 0 Å². The van der Waals surface area contributed by atoms with Crippen LogP contribution < -0.4 is 9.47 Å². The minimum atomic E-state index is -1.36. The van der Waals surface area contributed by atoms with E-state index in [4.69, 9.17) is 44.3 Å². The van der Waals surface area contributed by atoms with Crippen molar-refractivity contribution in [2.24, 2.45) is 0 Å². The van der Waals surface area contributed by atoms with E-state index in [9.17, 15) is 10.2 Å². The molecule has 0 amide bonds. The fourth-order valence-electron chi connectivity index (χ4n) is 2.40. The lowest BCUT2D eigenvalue weighted by Crippen LogP contribution is -2.05. The molecule has 122 valence electrons. The normalized spacial score (nSPS) is 12.8. The van der Waals surface area contributed by atoms with E-state index in [0.29, 0.717) is 47.8 Å². The van der Waals surface area contributed by atoms with Gasteiger partial charge in [0, 0.05) is 11.6 Å². The minimum absolute atomic E-state index is 0.254. The van der Waals surface area contributed by atoms with E-state index in [1.165, 1.54) is 6.07 Å². The number of alkyl halides is 3. The highest BCUT2D eigenvalue weighted by Crippen LogP contribution is 2.52. The van der Waals surface area contributed by atoms with Crippen LogP contribution in [0.4, 0.5) is 0 Å². The van der Waals surface area contributed by atoms with Gasteiger partial charge < -0.3 is 19.7 Å². The summed E-state index contributed by atoms with van der Waals surface area (Å²) in [5.74, 6) is 1.24. The van der Waals surface area contributed by atoms with Crippen molar-refractivity contribution < 1.29 is 19.7 Å². The van der Waals surface area contributed by atoms with Crippen molar-refractivity contribution in [1.82, 2.24) is 0 Å². The van der Waals surface area contributed by atoms with E-state index >= 15 is 0 Å². The van der Waals surface area contributed by atoms with E-state index in [1.54, 1.807) is 12.1 Å². The molecule has 0 saturated heterocycles. The Balaban J connectivity index is 1.93. The predicted molar refractivity (Wildman–Crippen MR) is 89.6 cm³/mol. The second-order valence-corrected chi connectivity index (χ2v) is 7.69. The second-order valence-electron chi connectivity index (χ2n) is 5.17. The summed E-state index contributed by atoms with van der Waals surface area (Å²) in [5.41, 5.74) is 0.420. The molecule has 1 heterocycles. The maximum Gasteiger partial charge on any atom is 0.190 e. The molecule has 3 rings (SSSR count). The summed E-state index contributed by atoms with van der Waals surface area (Å²) >= 11 is 17.2. The molecule has 0 fully saturated rings. The lowest BCUT2D eigenvalue weighted by molar-refractivity contribution is 0.340. The standard InChI is InChI=1S/C16H13Cl3O4/c17-16(18,19)7-3-4-9-14(21)10(20)8-13-15(9)23-12-6-2-1-5-11(12)22-13/h1-2,5-6,8,20-21H,3-4,7H2. The summed E-state index contributed by atoms with van der Waals surface area (Å²) in [4.78, 5) is 0. The van der Waals surface area contributed by atoms with E-state index in [-0.39, 0.29) is 11.5 Å². The van der Waals surface area contributed by atoms with Gasteiger partial charge in [0.25, 0.3) is 0 Å². The fourth-order valence-corrected chi connectivity index (χ4v) is 2.80. The van der Waals surface area contributed by atoms with Gasteiger partial charge in [-0.05, 0) is 31.4 Å². The van der Waals surface area contributed by atoms with Gasteiger partial charge in [-0.2, -0.15) is 0 Å². The van der Waals surface area contributed by atoms with Crippen molar-refractivity contribution in [3.8, 4) is 34.5 Å². The third-order valence-corrected chi connectivity index (χ3v) is 4.03. The average molecular weight is 376 g/mol. The van der Waals surface area contributed by atoms with E-state index in [1.807, 2.05) is 12.1 Å². The van der Waals surface area contributed by atoms with E-state index < -0.39 is 3.79 Å². The number of benzene rings is 2. The maximum atomic E-state index is 10.1. The van der Waals surface area contributed by atoms with Crippen molar-refractivity contribution in [2.45, 2.75) is 23.1 Å². The molecule has 0 aliphatic carbocycles. The van der Waals surface area contributed by atoms with Crippen LogP contribution in [0, 0.1) is 0 Å². The van der Waals surface area contributed by atoms with Gasteiger partial charge in [-0.25, -0.2) is 0 Å². The molecule has 0 unspecified atom stereocenters. The van der Waals surface area contributed by atoms with Crippen LogP contribution in [-0.4, -0.2) is 14.0 Å². The summed E-state index contributed by atoms with van der Waals surface area (Å²) in [6, 6.07) is 8.46. The molecule has 0 spiro atoms. The Bertz CT molecular complexity index is 741. The summed E-state index contributed by atoms with van der Waals surface area (Å²) in [7, 11) is 0. The van der Waals surface area contributed by atoms with Crippen LogP contribution in [0.1, 0.15) is 18.4 Å². The average Bonchev–Trinajstić information content (AvgIpc) is 2.48. The Kier molecular flexibility index (Phi) is 4.41. The molecule has 0 atom stereocenters. The van der Waals surface area contributed by atoms with Crippen molar-refractivity contribution in [3.05, 3.63) is 35.9 Å². The molecule has 0 bridgehead atoms. The first-order chi connectivity index (χ1) is 10.8. The van der Waals surface area contributed by atoms with Gasteiger partial charge >= 0.3 is 0 Å². The van der Waals surface area contributed by atoms with Gasteiger partial charge in [0.2, 0.25) is 0 Å². The summed E-state index contributed by atoms with van der Waals surface area (Å²) in [6.45, 7) is 0. The molecule has 23 heavy (non-hydrogen) atoms. The van der Waals surface area contributed by atoms with Crippen molar-refractivity contribution in [3.63, 3.8) is 0 Å². The lowest BCUT2D eigenvalue weighted by atomic mass is 10.0. The van der Waals surface area contributed by atoms with Crippen molar-refractivity contribution >= 4 is 34.8 Å². The zero-order chi connectivity index (χ0) is 16.6. The fraction of sp³-hybridized carbons (Fsp3) is 0.250. The number of phenolic OH excluding ortho intramolecular Hbond substituents is 2. The first-order valence-electron chi connectivity index (χ1n) is 6.94. The smallest absolute Gasteiger partial charge is 0.190 e. The molecule has 1 aliphatic heterocycles. The number of hydrogen-bond acceptors (Lipinski definition) is 4. The van der Waals surface area contributed by atoms with Crippen LogP contribution >= 0.6 is 34.8 Å². The van der Waals surface area contributed by atoms with Gasteiger partial charge in [0.05, 0.1) is 0 Å². The molecule has 0 saturated carbocycles. The summed E-state index contributed by atoms with van der Waals surface area (Å²) in [6.07, 6.45) is 1.16. The van der Waals surface area contributed by atoms with Crippen LogP contribution in [0.3, 0.4) is 0 Å². The van der Waals surface area contributed by atoms with Crippen LogP contribution in [0.5, 0.6) is 34.5 Å². The molecule has 2 aromatic rings. The molecule has 2 N–H and O–H groups in total. The maximum absolute atomic E-state index is 10.1. The van der Waals surface area contributed by atoms with E-state index in [2.05, 4.69) is 0 Å². The zero-order valence-electron chi connectivity index (χ0n) is 11.9. The Labute approximate surface area is 148 Å². The van der Waals surface area contributed by atoms with Gasteiger partial charge in [-0.3, -0.25) is 0 Å². The molecule has 4 nitrogen and oxygen atoms in total. The third kappa shape index (κ3) is 3.55. The molecule has 2 aromatic carbocycles. The lowest BCUT2D eigenvalue weighted by Gasteiger charge is -2.24. The third-order valence-electron chi connectivity index (χ3n) is 3.46. The Hall–Kier alpha value is -1.49. The predicted octanol–water partition coefficient (Wildman–Crippen LogP) is 5.69. The van der Waals surface area contributed by atoms with Crippen LogP contribution in [0.25, 0.3) is 0 Å². The number of aromatic hydroxyl groups is 2. The highest BCUT2D eigenvalue weighted by molar-refractivity contribution is 6.67. The Morgan fingerprint density at radius 3 is 2.26 bits per heavy atom. The zero-order valence-corrected chi connectivity index (χ0v) is 14.1. The molecule has 7 heteroatoms. The van der Waals surface area contributed by atoms with Crippen LogP contribution in [0.15, 0.2) is 30.3 Å². The van der Waals surface area contributed by atoms with Gasteiger partial charge in [-0.1, -0.05) is 46.9 Å². The topological polar surface area (TPSA) is 58.9 Å². The van der Waals surface area contributed by atoms with Crippen molar-refractivity contribution in [2.75, 3.05) is 0 Å². The van der Waals surface area contributed by atoms with Crippen LogP contribution in [-0.2, 0) is 6.42 Å². The Morgan fingerprint density at radius 1 is 0.957 bits per heavy atom. The minimum Gasteiger partial charge on any atom is -0.504 e. The summed E-state index contributed by atoms with van der Waals surface area (Å²) < 4.78 is 10.2. The number of phenols is 2.